The number of ether oxygens (including phenoxy) is 1. The molecule has 2 N–H and O–H groups in total. The van der Waals surface area contributed by atoms with Crippen LogP contribution in [0.25, 0.3) is 0 Å². The minimum absolute atomic E-state index is 0.0657. The lowest BCUT2D eigenvalue weighted by molar-refractivity contribution is -0.384. The van der Waals surface area contributed by atoms with Crippen LogP contribution in [-0.2, 0) is 0 Å². The number of para-hydroxylation sites is 1. The van der Waals surface area contributed by atoms with Crippen molar-refractivity contribution >= 4 is 11.9 Å². The zero-order chi connectivity index (χ0) is 17.5. The van der Waals surface area contributed by atoms with Gasteiger partial charge >= 0.3 is 0 Å². The number of nitro groups is 1. The number of rotatable bonds is 7. The van der Waals surface area contributed by atoms with Crippen molar-refractivity contribution in [2.24, 2.45) is 4.99 Å². The fourth-order valence-corrected chi connectivity index (χ4v) is 2.19. The first-order valence-electron chi connectivity index (χ1n) is 7.26. The van der Waals surface area contributed by atoms with Gasteiger partial charge in [0.15, 0.2) is 0 Å². The predicted molar refractivity (Wildman–Crippen MR) is 89.5 cm³/mol. The van der Waals surface area contributed by atoms with Crippen molar-refractivity contribution in [2.75, 3.05) is 13.7 Å². The molecule has 126 valence electrons. The van der Waals surface area contributed by atoms with Gasteiger partial charge in [0, 0.05) is 23.9 Å². The second-order valence-electron chi connectivity index (χ2n) is 5.06. The summed E-state index contributed by atoms with van der Waals surface area (Å²) in [4.78, 5) is 14.4. The molecule has 2 aromatic rings. The average molecular weight is 330 g/mol. The van der Waals surface area contributed by atoms with Gasteiger partial charge in [-0.3, -0.25) is 15.1 Å². The molecule has 24 heavy (non-hydrogen) atoms. The summed E-state index contributed by atoms with van der Waals surface area (Å²) in [7, 11) is 1.54. The van der Waals surface area contributed by atoms with Crippen LogP contribution in [0.3, 0.4) is 0 Å². The molecule has 2 atom stereocenters. The number of aliphatic hydroxyl groups is 2. The van der Waals surface area contributed by atoms with Gasteiger partial charge in [-0.1, -0.05) is 12.1 Å². The number of aliphatic imine (C=N–C) groups is 1. The van der Waals surface area contributed by atoms with Crippen LogP contribution in [0.5, 0.6) is 5.75 Å². The molecule has 2 aromatic carbocycles. The van der Waals surface area contributed by atoms with E-state index in [1.165, 1.54) is 30.5 Å². The maximum absolute atomic E-state index is 10.7. The van der Waals surface area contributed by atoms with Crippen molar-refractivity contribution in [3.05, 3.63) is 69.8 Å². The molecule has 0 aliphatic rings. The Morgan fingerprint density at radius 1 is 1.25 bits per heavy atom. The number of nitro benzene ring substituents is 1. The van der Waals surface area contributed by atoms with Crippen LogP contribution in [0.1, 0.15) is 17.2 Å². The quantitative estimate of drug-likeness (QED) is 0.459. The van der Waals surface area contributed by atoms with Crippen LogP contribution < -0.4 is 4.74 Å². The first-order valence-corrected chi connectivity index (χ1v) is 7.26. The SMILES string of the molecule is COc1ccccc1C=N[C@H](CO)[C@H](O)c1ccc([N+](=O)[O-])cc1. The number of benzene rings is 2. The van der Waals surface area contributed by atoms with E-state index >= 15 is 0 Å². The number of hydrogen-bond donors (Lipinski definition) is 2. The van der Waals surface area contributed by atoms with E-state index in [1.54, 1.807) is 19.2 Å². The molecule has 0 fully saturated rings. The highest BCUT2D eigenvalue weighted by atomic mass is 16.6. The molecule has 0 aliphatic heterocycles. The molecule has 0 aromatic heterocycles. The zero-order valence-corrected chi connectivity index (χ0v) is 13.1. The van der Waals surface area contributed by atoms with E-state index in [4.69, 9.17) is 4.74 Å². The summed E-state index contributed by atoms with van der Waals surface area (Å²) in [6, 6.07) is 11.9. The highest BCUT2D eigenvalue weighted by molar-refractivity contribution is 5.83. The molecule has 0 spiro atoms. The third-order valence-electron chi connectivity index (χ3n) is 3.54. The summed E-state index contributed by atoms with van der Waals surface area (Å²) >= 11 is 0. The summed E-state index contributed by atoms with van der Waals surface area (Å²) in [6.45, 7) is -0.371. The molecule has 0 heterocycles. The van der Waals surface area contributed by atoms with Gasteiger partial charge in [0.1, 0.15) is 17.9 Å². The number of aliphatic hydroxyl groups excluding tert-OH is 2. The Morgan fingerprint density at radius 3 is 2.50 bits per heavy atom. The number of methoxy groups -OCH3 is 1. The largest absolute Gasteiger partial charge is 0.496 e. The van der Waals surface area contributed by atoms with Crippen molar-refractivity contribution in [1.82, 2.24) is 0 Å². The highest BCUT2D eigenvalue weighted by Gasteiger charge is 2.20. The maximum atomic E-state index is 10.7. The molecular formula is C17H18N2O5. The normalized spacial score (nSPS) is 13.6. The van der Waals surface area contributed by atoms with E-state index in [0.29, 0.717) is 16.9 Å². The van der Waals surface area contributed by atoms with Crippen molar-refractivity contribution < 1.29 is 19.9 Å². The van der Waals surface area contributed by atoms with Crippen LogP contribution in [-0.4, -0.2) is 41.1 Å². The summed E-state index contributed by atoms with van der Waals surface area (Å²) in [5.41, 5.74) is 1.09. The van der Waals surface area contributed by atoms with Crippen LogP contribution in [0.15, 0.2) is 53.5 Å². The Hall–Kier alpha value is -2.77. The number of hydrogen-bond acceptors (Lipinski definition) is 6. The van der Waals surface area contributed by atoms with Crippen molar-refractivity contribution in [3.8, 4) is 5.75 Å². The molecule has 7 nitrogen and oxygen atoms in total. The maximum Gasteiger partial charge on any atom is 0.269 e. The lowest BCUT2D eigenvalue weighted by Crippen LogP contribution is -2.21. The van der Waals surface area contributed by atoms with Crippen molar-refractivity contribution in [3.63, 3.8) is 0 Å². The Bertz CT molecular complexity index is 715. The van der Waals surface area contributed by atoms with Gasteiger partial charge in [0.05, 0.1) is 18.6 Å². The van der Waals surface area contributed by atoms with Gasteiger partial charge in [-0.15, -0.1) is 0 Å². The van der Waals surface area contributed by atoms with Crippen molar-refractivity contribution in [1.29, 1.82) is 0 Å². The second kappa shape index (κ2) is 8.19. The van der Waals surface area contributed by atoms with E-state index in [1.807, 2.05) is 12.1 Å². The molecule has 0 aliphatic carbocycles. The van der Waals surface area contributed by atoms with Crippen LogP contribution in [0.2, 0.25) is 0 Å². The molecule has 2 rings (SSSR count). The van der Waals surface area contributed by atoms with E-state index in [2.05, 4.69) is 4.99 Å². The van der Waals surface area contributed by atoms with E-state index in [-0.39, 0.29) is 12.3 Å². The Balaban J connectivity index is 2.17. The first-order chi connectivity index (χ1) is 11.6. The van der Waals surface area contributed by atoms with Gasteiger partial charge in [-0.25, -0.2) is 0 Å². The van der Waals surface area contributed by atoms with Crippen LogP contribution >= 0.6 is 0 Å². The monoisotopic (exact) mass is 330 g/mol. The predicted octanol–water partition coefficient (Wildman–Crippen LogP) is 2.12. The summed E-state index contributed by atoms with van der Waals surface area (Å²) in [5, 5.41) is 30.5. The van der Waals surface area contributed by atoms with Crippen LogP contribution in [0.4, 0.5) is 5.69 Å². The van der Waals surface area contributed by atoms with E-state index in [9.17, 15) is 20.3 Å². The topological polar surface area (TPSA) is 105 Å². The molecule has 0 amide bonds. The average Bonchev–Trinajstić information content (AvgIpc) is 2.62. The molecular weight excluding hydrogens is 312 g/mol. The Labute approximate surface area is 139 Å². The molecule has 0 radical (unpaired) electrons. The van der Waals surface area contributed by atoms with E-state index in [0.717, 1.165) is 0 Å². The van der Waals surface area contributed by atoms with Gasteiger partial charge in [0.25, 0.3) is 5.69 Å². The molecule has 0 saturated carbocycles. The zero-order valence-electron chi connectivity index (χ0n) is 13.1. The highest BCUT2D eigenvalue weighted by Crippen LogP contribution is 2.22. The summed E-state index contributed by atoms with van der Waals surface area (Å²) < 4.78 is 5.21. The summed E-state index contributed by atoms with van der Waals surface area (Å²) in [5.74, 6) is 0.628. The molecule has 7 heteroatoms. The minimum Gasteiger partial charge on any atom is -0.496 e. The number of non-ortho nitro benzene ring substituents is 1. The van der Waals surface area contributed by atoms with Gasteiger partial charge in [0.2, 0.25) is 0 Å². The van der Waals surface area contributed by atoms with E-state index < -0.39 is 17.1 Å². The molecule has 0 unspecified atom stereocenters. The minimum atomic E-state index is -1.08. The second-order valence-corrected chi connectivity index (χ2v) is 5.06. The summed E-state index contributed by atoms with van der Waals surface area (Å²) in [6.07, 6.45) is 0.440. The Morgan fingerprint density at radius 2 is 1.92 bits per heavy atom. The van der Waals surface area contributed by atoms with Crippen LogP contribution in [0, 0.1) is 10.1 Å². The van der Waals surface area contributed by atoms with Gasteiger partial charge in [-0.2, -0.15) is 0 Å². The standard InChI is InChI=1S/C17H18N2O5/c1-24-16-5-3-2-4-13(16)10-18-15(11-20)17(21)12-6-8-14(9-7-12)19(22)23/h2-10,15,17,20-21H,11H2,1H3/t15-,17-/m1/s1. The van der Waals surface area contributed by atoms with Gasteiger partial charge in [-0.05, 0) is 29.8 Å². The third kappa shape index (κ3) is 4.15. The molecule has 0 bridgehead atoms. The third-order valence-corrected chi connectivity index (χ3v) is 3.54. The smallest absolute Gasteiger partial charge is 0.269 e. The number of nitrogens with zero attached hydrogens (tertiary/aromatic N) is 2. The molecule has 0 saturated heterocycles. The Kier molecular flexibility index (Phi) is 6.00. The lowest BCUT2D eigenvalue weighted by Gasteiger charge is -2.17. The fourth-order valence-electron chi connectivity index (χ4n) is 2.19. The van der Waals surface area contributed by atoms with Crippen molar-refractivity contribution in [2.45, 2.75) is 12.1 Å². The fraction of sp³-hybridized carbons (Fsp3) is 0.235. The first kappa shape index (κ1) is 17.6. The van der Waals surface area contributed by atoms with Gasteiger partial charge < -0.3 is 14.9 Å². The lowest BCUT2D eigenvalue weighted by atomic mass is 10.0.